The number of thioether (sulfide) groups is 1. The Labute approximate surface area is 105 Å². The lowest BCUT2D eigenvalue weighted by atomic mass is 10.1. The average Bonchev–Trinajstić information content (AvgIpc) is 2.78. The lowest BCUT2D eigenvalue weighted by Gasteiger charge is -2.25. The quantitative estimate of drug-likeness (QED) is 0.774. The highest BCUT2D eigenvalue weighted by molar-refractivity contribution is 7.99. The van der Waals surface area contributed by atoms with Crippen LogP contribution >= 0.6 is 23.5 Å². The summed E-state index contributed by atoms with van der Waals surface area (Å²) in [5, 5.41) is 1.11. The molecule has 0 bridgehead atoms. The van der Waals surface area contributed by atoms with Crippen molar-refractivity contribution in [2.24, 2.45) is 0 Å². The van der Waals surface area contributed by atoms with Crippen LogP contribution in [-0.4, -0.2) is 39.0 Å². The number of nitrogens with zero attached hydrogens (tertiary/aromatic N) is 3. The molecule has 2 heterocycles. The lowest BCUT2D eigenvalue weighted by molar-refractivity contribution is 0.321. The molecule has 0 spiro atoms. The molecule has 0 N–H and O–H groups in total. The molecule has 1 aromatic rings. The SMILES string of the molecule is CCSc1nsnc1C1=CCCN(CC)C1. The third-order valence-corrected chi connectivity index (χ3v) is 4.21. The molecule has 2 rings (SSSR count). The zero-order chi connectivity index (χ0) is 11.4. The summed E-state index contributed by atoms with van der Waals surface area (Å²) in [4.78, 5) is 2.45. The predicted octanol–water partition coefficient (Wildman–Crippen LogP) is 2.76. The van der Waals surface area contributed by atoms with Gasteiger partial charge < -0.3 is 0 Å². The molecule has 0 fully saturated rings. The molecule has 0 aromatic carbocycles. The highest BCUT2D eigenvalue weighted by Gasteiger charge is 2.18. The fourth-order valence-electron chi connectivity index (χ4n) is 1.86. The average molecular weight is 255 g/mol. The first-order valence-corrected chi connectivity index (χ1v) is 7.43. The number of hydrogen-bond acceptors (Lipinski definition) is 5. The first-order chi connectivity index (χ1) is 7.85. The van der Waals surface area contributed by atoms with Gasteiger partial charge in [0.15, 0.2) is 0 Å². The van der Waals surface area contributed by atoms with Gasteiger partial charge in [0, 0.05) is 13.1 Å². The third-order valence-electron chi connectivity index (χ3n) is 2.72. The maximum Gasteiger partial charge on any atom is 0.138 e. The summed E-state index contributed by atoms with van der Waals surface area (Å²) < 4.78 is 8.81. The van der Waals surface area contributed by atoms with Crippen LogP contribution in [0.4, 0.5) is 0 Å². The van der Waals surface area contributed by atoms with Crippen LogP contribution in [0.2, 0.25) is 0 Å². The molecule has 0 aliphatic carbocycles. The number of likely N-dealkylation sites (N-methyl/N-ethyl adjacent to an activating group) is 1. The molecule has 0 amide bonds. The largest absolute Gasteiger partial charge is 0.299 e. The van der Waals surface area contributed by atoms with E-state index in [0.29, 0.717) is 0 Å². The van der Waals surface area contributed by atoms with Gasteiger partial charge in [-0.3, -0.25) is 4.90 Å². The lowest BCUT2D eigenvalue weighted by Crippen LogP contribution is -2.29. The van der Waals surface area contributed by atoms with E-state index >= 15 is 0 Å². The summed E-state index contributed by atoms with van der Waals surface area (Å²) >= 11 is 3.12. The molecule has 0 unspecified atom stereocenters. The first-order valence-electron chi connectivity index (χ1n) is 5.72. The Bertz CT molecular complexity index is 373. The molecule has 88 valence electrons. The van der Waals surface area contributed by atoms with Crippen molar-refractivity contribution >= 4 is 29.1 Å². The molecular formula is C11H17N3S2. The molecule has 1 aromatic heterocycles. The Hall–Kier alpha value is -0.390. The number of hydrogen-bond donors (Lipinski definition) is 0. The molecule has 0 radical (unpaired) electrons. The Morgan fingerprint density at radius 1 is 1.44 bits per heavy atom. The standard InChI is InChI=1S/C11H17N3S2/c1-3-14-7-5-6-9(8-14)10-11(15-4-2)13-16-12-10/h6H,3-5,7-8H2,1-2H3. The van der Waals surface area contributed by atoms with Gasteiger partial charge in [-0.15, -0.1) is 11.8 Å². The molecule has 0 saturated carbocycles. The van der Waals surface area contributed by atoms with Crippen LogP contribution in [0.3, 0.4) is 0 Å². The molecule has 0 saturated heterocycles. The van der Waals surface area contributed by atoms with Crippen molar-refractivity contribution < 1.29 is 0 Å². The molecule has 16 heavy (non-hydrogen) atoms. The Morgan fingerprint density at radius 2 is 2.31 bits per heavy atom. The molecule has 1 aliphatic heterocycles. The van der Waals surface area contributed by atoms with Gasteiger partial charge in [-0.1, -0.05) is 19.9 Å². The van der Waals surface area contributed by atoms with Gasteiger partial charge in [-0.25, -0.2) is 0 Å². The predicted molar refractivity (Wildman–Crippen MR) is 71.0 cm³/mol. The van der Waals surface area contributed by atoms with Crippen LogP contribution in [0.5, 0.6) is 0 Å². The van der Waals surface area contributed by atoms with E-state index in [4.69, 9.17) is 0 Å². The van der Waals surface area contributed by atoms with Crippen LogP contribution < -0.4 is 0 Å². The van der Waals surface area contributed by atoms with Crippen molar-refractivity contribution in [3.8, 4) is 0 Å². The maximum absolute atomic E-state index is 4.44. The van der Waals surface area contributed by atoms with Gasteiger partial charge in [0.2, 0.25) is 0 Å². The van der Waals surface area contributed by atoms with Crippen LogP contribution in [0.1, 0.15) is 26.0 Å². The van der Waals surface area contributed by atoms with E-state index in [-0.39, 0.29) is 0 Å². The minimum Gasteiger partial charge on any atom is -0.299 e. The van der Waals surface area contributed by atoms with Gasteiger partial charge >= 0.3 is 0 Å². The van der Waals surface area contributed by atoms with Gasteiger partial charge in [0.1, 0.15) is 10.7 Å². The Kier molecular flexibility index (Phi) is 4.37. The van der Waals surface area contributed by atoms with E-state index in [1.807, 2.05) is 0 Å². The van der Waals surface area contributed by atoms with Crippen molar-refractivity contribution in [3.63, 3.8) is 0 Å². The van der Waals surface area contributed by atoms with Gasteiger partial charge in [0.05, 0.1) is 11.7 Å². The van der Waals surface area contributed by atoms with Gasteiger partial charge in [-0.05, 0) is 24.3 Å². The normalized spacial score (nSPS) is 17.5. The molecule has 3 nitrogen and oxygen atoms in total. The molecule has 5 heteroatoms. The molecule has 0 atom stereocenters. The summed E-state index contributed by atoms with van der Waals surface area (Å²) in [6, 6.07) is 0. The van der Waals surface area contributed by atoms with E-state index in [2.05, 4.69) is 33.6 Å². The third kappa shape index (κ3) is 2.64. The Balaban J connectivity index is 2.16. The van der Waals surface area contributed by atoms with Crippen LogP contribution in [-0.2, 0) is 0 Å². The highest BCUT2D eigenvalue weighted by Crippen LogP contribution is 2.28. The van der Waals surface area contributed by atoms with Gasteiger partial charge in [0.25, 0.3) is 0 Å². The Morgan fingerprint density at radius 3 is 3.06 bits per heavy atom. The minimum atomic E-state index is 1.03. The summed E-state index contributed by atoms with van der Waals surface area (Å²) in [5.41, 5.74) is 2.48. The first kappa shape index (κ1) is 12.1. The summed E-state index contributed by atoms with van der Waals surface area (Å²) in [5.74, 6) is 1.06. The number of aromatic nitrogens is 2. The zero-order valence-electron chi connectivity index (χ0n) is 9.77. The van der Waals surface area contributed by atoms with Crippen molar-refractivity contribution in [3.05, 3.63) is 11.8 Å². The summed E-state index contributed by atoms with van der Waals surface area (Å²) in [6.45, 7) is 7.68. The van der Waals surface area contributed by atoms with E-state index in [9.17, 15) is 0 Å². The second-order valence-corrected chi connectivity index (χ2v) is 5.52. The number of rotatable bonds is 4. The van der Waals surface area contributed by atoms with E-state index in [1.54, 1.807) is 11.8 Å². The second kappa shape index (κ2) is 5.80. The van der Waals surface area contributed by atoms with E-state index in [0.717, 1.165) is 36.0 Å². The van der Waals surface area contributed by atoms with E-state index < -0.39 is 0 Å². The summed E-state index contributed by atoms with van der Waals surface area (Å²) in [6.07, 6.45) is 3.46. The smallest absolute Gasteiger partial charge is 0.138 e. The van der Waals surface area contributed by atoms with Crippen LogP contribution in [0.25, 0.3) is 5.57 Å². The van der Waals surface area contributed by atoms with Crippen molar-refractivity contribution in [2.45, 2.75) is 25.3 Å². The van der Waals surface area contributed by atoms with Gasteiger partial charge in [-0.2, -0.15) is 8.75 Å². The maximum atomic E-state index is 4.44. The fraction of sp³-hybridized carbons (Fsp3) is 0.636. The van der Waals surface area contributed by atoms with E-state index in [1.165, 1.54) is 23.8 Å². The fourth-order valence-corrected chi connectivity index (χ4v) is 3.30. The highest BCUT2D eigenvalue weighted by atomic mass is 32.2. The monoisotopic (exact) mass is 255 g/mol. The molecule has 1 aliphatic rings. The van der Waals surface area contributed by atoms with Crippen molar-refractivity contribution in [1.82, 2.24) is 13.6 Å². The summed E-state index contributed by atoms with van der Waals surface area (Å²) in [7, 11) is 0. The minimum absolute atomic E-state index is 1.03. The topological polar surface area (TPSA) is 29.0 Å². The van der Waals surface area contributed by atoms with Crippen LogP contribution in [0.15, 0.2) is 11.1 Å². The van der Waals surface area contributed by atoms with Crippen molar-refractivity contribution in [2.75, 3.05) is 25.4 Å². The van der Waals surface area contributed by atoms with Crippen LogP contribution in [0, 0.1) is 0 Å². The molecular weight excluding hydrogens is 238 g/mol. The second-order valence-electron chi connectivity index (χ2n) is 3.74. The van der Waals surface area contributed by atoms with Crippen molar-refractivity contribution in [1.29, 1.82) is 0 Å². The zero-order valence-corrected chi connectivity index (χ0v) is 11.4.